The van der Waals surface area contributed by atoms with Crippen LogP contribution in [0.25, 0.3) is 11.5 Å². The first-order valence-corrected chi connectivity index (χ1v) is 8.98. The summed E-state index contributed by atoms with van der Waals surface area (Å²) >= 11 is 13.5. The number of para-hydroxylation sites is 1. The van der Waals surface area contributed by atoms with Gasteiger partial charge in [0.15, 0.2) is 5.75 Å². The first-order valence-electron chi connectivity index (χ1n) is 7.24. The lowest BCUT2D eigenvalue weighted by atomic mass is 10.1. The van der Waals surface area contributed by atoms with Crippen LogP contribution in [0, 0.1) is 6.92 Å². The largest absolute Gasteiger partial charge is 0.490 e. The highest BCUT2D eigenvalue weighted by Crippen LogP contribution is 2.32. The van der Waals surface area contributed by atoms with Crippen molar-refractivity contribution in [3.63, 3.8) is 0 Å². The second-order valence-electron chi connectivity index (χ2n) is 4.94. The van der Waals surface area contributed by atoms with Gasteiger partial charge >= 0.3 is 0 Å². The highest BCUT2D eigenvalue weighted by atomic mass is 35.5. The minimum absolute atomic E-state index is 0.427. The van der Waals surface area contributed by atoms with E-state index >= 15 is 0 Å². The first kappa shape index (κ1) is 17.1. The maximum absolute atomic E-state index is 6.05. The zero-order chi connectivity index (χ0) is 16.9. The molecule has 0 saturated heterocycles. The van der Waals surface area contributed by atoms with Crippen molar-refractivity contribution in [1.29, 1.82) is 0 Å². The lowest BCUT2D eigenvalue weighted by Crippen LogP contribution is -2.01. The molecule has 1 heterocycles. The molecule has 24 heavy (non-hydrogen) atoms. The quantitative estimate of drug-likeness (QED) is 0.415. The summed E-state index contributed by atoms with van der Waals surface area (Å²) in [6.45, 7) is 2.43. The van der Waals surface area contributed by atoms with Crippen LogP contribution in [0.4, 0.5) is 0 Å². The second-order valence-corrected chi connectivity index (χ2v) is 6.80. The van der Waals surface area contributed by atoms with Gasteiger partial charge in [0.2, 0.25) is 5.89 Å². The summed E-state index contributed by atoms with van der Waals surface area (Å²) < 4.78 is 11.3. The molecule has 0 aliphatic carbocycles. The number of nitrogens with zero attached hydrogens (tertiary/aromatic N) is 2. The third kappa shape index (κ3) is 4.04. The molecule has 0 aliphatic rings. The maximum atomic E-state index is 6.05. The van der Waals surface area contributed by atoms with Crippen molar-refractivity contribution in [2.24, 2.45) is 0 Å². The standard InChI is InChI=1S/C17H14Cl2N2O2S/c1-11-5-2-3-6-12(11)16-20-21-17(23-16)24-10-9-22-15-13(18)7-4-8-14(15)19/h2-8H,9-10H2,1H3. The van der Waals surface area contributed by atoms with E-state index in [1.807, 2.05) is 31.2 Å². The van der Waals surface area contributed by atoms with Gasteiger partial charge < -0.3 is 9.15 Å². The van der Waals surface area contributed by atoms with E-state index in [0.29, 0.717) is 39.3 Å². The van der Waals surface area contributed by atoms with Crippen molar-refractivity contribution in [3.05, 3.63) is 58.1 Å². The van der Waals surface area contributed by atoms with E-state index in [-0.39, 0.29) is 0 Å². The number of benzene rings is 2. The number of hydrogen-bond donors (Lipinski definition) is 0. The molecule has 7 heteroatoms. The molecular formula is C17H14Cl2N2O2S. The molecule has 1 aromatic heterocycles. The molecule has 0 N–H and O–H groups in total. The van der Waals surface area contributed by atoms with Crippen molar-refractivity contribution in [2.45, 2.75) is 12.1 Å². The van der Waals surface area contributed by atoms with Crippen LogP contribution in [0.3, 0.4) is 0 Å². The SMILES string of the molecule is Cc1ccccc1-c1nnc(SCCOc2c(Cl)cccc2Cl)o1. The number of halogens is 2. The minimum Gasteiger partial charge on any atom is -0.490 e. The van der Waals surface area contributed by atoms with Crippen LogP contribution in [0.2, 0.25) is 10.0 Å². The maximum Gasteiger partial charge on any atom is 0.276 e. The van der Waals surface area contributed by atoms with E-state index in [2.05, 4.69) is 10.2 Å². The average Bonchev–Trinajstić information content (AvgIpc) is 3.03. The molecule has 0 spiro atoms. The fraction of sp³-hybridized carbons (Fsp3) is 0.176. The van der Waals surface area contributed by atoms with Crippen molar-refractivity contribution < 1.29 is 9.15 Å². The topological polar surface area (TPSA) is 48.2 Å². The second kappa shape index (κ2) is 7.92. The summed E-state index contributed by atoms with van der Waals surface area (Å²) in [5.41, 5.74) is 2.03. The van der Waals surface area contributed by atoms with Crippen LogP contribution < -0.4 is 4.74 Å². The van der Waals surface area contributed by atoms with E-state index < -0.39 is 0 Å². The van der Waals surface area contributed by atoms with Crippen molar-refractivity contribution in [3.8, 4) is 17.2 Å². The Labute approximate surface area is 154 Å². The van der Waals surface area contributed by atoms with Gasteiger partial charge in [-0.05, 0) is 30.7 Å². The molecule has 2 aromatic carbocycles. The Balaban J connectivity index is 1.56. The summed E-state index contributed by atoms with van der Waals surface area (Å²) in [4.78, 5) is 0. The molecule has 0 aliphatic heterocycles. The summed E-state index contributed by atoms with van der Waals surface area (Å²) in [5.74, 6) is 1.65. The molecule has 3 aromatic rings. The van der Waals surface area contributed by atoms with Crippen LogP contribution in [0.1, 0.15) is 5.56 Å². The van der Waals surface area contributed by atoms with Gasteiger partial charge in [-0.3, -0.25) is 0 Å². The molecular weight excluding hydrogens is 367 g/mol. The van der Waals surface area contributed by atoms with Gasteiger partial charge in [-0.15, -0.1) is 10.2 Å². The Bertz CT molecular complexity index is 819. The summed E-state index contributed by atoms with van der Waals surface area (Å²) in [6.07, 6.45) is 0. The summed E-state index contributed by atoms with van der Waals surface area (Å²) in [6, 6.07) is 13.1. The average molecular weight is 381 g/mol. The molecule has 0 fully saturated rings. The Hall–Kier alpha value is -1.69. The van der Waals surface area contributed by atoms with Crippen LogP contribution in [-0.4, -0.2) is 22.6 Å². The zero-order valence-corrected chi connectivity index (χ0v) is 15.2. The Morgan fingerprint density at radius 2 is 1.79 bits per heavy atom. The van der Waals surface area contributed by atoms with Gasteiger partial charge in [-0.25, -0.2) is 0 Å². The molecule has 3 rings (SSSR count). The number of rotatable bonds is 6. The highest BCUT2D eigenvalue weighted by Gasteiger charge is 2.11. The predicted molar refractivity (Wildman–Crippen MR) is 97.2 cm³/mol. The van der Waals surface area contributed by atoms with Gasteiger partial charge in [0.1, 0.15) is 0 Å². The third-order valence-corrected chi connectivity index (χ3v) is 4.63. The Kier molecular flexibility index (Phi) is 5.66. The van der Waals surface area contributed by atoms with Gasteiger partial charge in [0, 0.05) is 11.3 Å². The Morgan fingerprint density at radius 1 is 1.04 bits per heavy atom. The van der Waals surface area contributed by atoms with E-state index in [0.717, 1.165) is 11.1 Å². The molecule has 0 radical (unpaired) electrons. The lowest BCUT2D eigenvalue weighted by Gasteiger charge is -2.08. The molecule has 4 nitrogen and oxygen atoms in total. The van der Waals surface area contributed by atoms with Crippen molar-refractivity contribution in [2.75, 3.05) is 12.4 Å². The van der Waals surface area contributed by atoms with E-state index in [1.54, 1.807) is 18.2 Å². The lowest BCUT2D eigenvalue weighted by molar-refractivity contribution is 0.343. The van der Waals surface area contributed by atoms with Crippen LogP contribution in [0.15, 0.2) is 52.1 Å². The zero-order valence-electron chi connectivity index (χ0n) is 12.8. The fourth-order valence-corrected chi connectivity index (χ4v) is 3.17. The number of hydrogen-bond acceptors (Lipinski definition) is 5. The fourth-order valence-electron chi connectivity index (χ4n) is 2.08. The van der Waals surface area contributed by atoms with Crippen LogP contribution in [0.5, 0.6) is 5.75 Å². The number of aromatic nitrogens is 2. The van der Waals surface area contributed by atoms with E-state index in [9.17, 15) is 0 Å². The number of ether oxygens (including phenoxy) is 1. The monoisotopic (exact) mass is 380 g/mol. The molecule has 0 amide bonds. The minimum atomic E-state index is 0.427. The van der Waals surface area contributed by atoms with Crippen molar-refractivity contribution in [1.82, 2.24) is 10.2 Å². The van der Waals surface area contributed by atoms with Gasteiger partial charge in [0.05, 0.1) is 16.7 Å². The Morgan fingerprint density at radius 3 is 2.54 bits per heavy atom. The first-order chi connectivity index (χ1) is 11.6. The third-order valence-electron chi connectivity index (χ3n) is 3.26. The summed E-state index contributed by atoms with van der Waals surface area (Å²) in [7, 11) is 0. The molecule has 0 saturated carbocycles. The molecule has 0 bridgehead atoms. The molecule has 0 unspecified atom stereocenters. The number of aryl methyl sites for hydroxylation is 1. The normalized spacial score (nSPS) is 10.8. The molecule has 0 atom stereocenters. The van der Waals surface area contributed by atoms with Gasteiger partial charge in [-0.1, -0.05) is 59.2 Å². The summed E-state index contributed by atoms with van der Waals surface area (Å²) in [5, 5.41) is 9.63. The van der Waals surface area contributed by atoms with E-state index in [4.69, 9.17) is 32.4 Å². The van der Waals surface area contributed by atoms with Gasteiger partial charge in [0.25, 0.3) is 5.22 Å². The predicted octanol–water partition coefficient (Wildman–Crippen LogP) is 5.52. The number of thioether (sulfide) groups is 1. The highest BCUT2D eigenvalue weighted by molar-refractivity contribution is 7.99. The van der Waals surface area contributed by atoms with E-state index in [1.165, 1.54) is 11.8 Å². The van der Waals surface area contributed by atoms with Crippen molar-refractivity contribution >= 4 is 35.0 Å². The molecule has 124 valence electrons. The van der Waals surface area contributed by atoms with Crippen LogP contribution in [-0.2, 0) is 0 Å². The van der Waals surface area contributed by atoms with Gasteiger partial charge in [-0.2, -0.15) is 0 Å². The van der Waals surface area contributed by atoms with Crippen LogP contribution >= 0.6 is 35.0 Å². The smallest absolute Gasteiger partial charge is 0.276 e.